The fourth-order valence-corrected chi connectivity index (χ4v) is 9.76. The standard InChI is InChI=1S/C59H37N5/c1-4-17-38(18-5-1)40-23-16-24-43(33-40)58-60-57(39-19-6-2-7-20-39)61-59(62-58)48-31-32-53(46-28-13-12-27-45(46)48)64-54-35-42-22-11-10-21-41(42)34-49(54)51-36-50-47-29-14-15-30-52(47)63(55(50)37-56(51)64)44-25-8-3-9-26-44/h1-37H. The lowest BCUT2D eigenvalue weighted by atomic mass is 10.0. The molecule has 0 saturated heterocycles. The quantitative estimate of drug-likeness (QED) is 0.168. The molecule has 0 saturated carbocycles. The summed E-state index contributed by atoms with van der Waals surface area (Å²) in [4.78, 5) is 15.6. The van der Waals surface area contributed by atoms with Crippen molar-refractivity contribution in [1.29, 1.82) is 0 Å². The van der Waals surface area contributed by atoms with Crippen molar-refractivity contribution in [3.05, 3.63) is 224 Å². The topological polar surface area (TPSA) is 48.5 Å². The number of benzene rings is 10. The van der Waals surface area contributed by atoms with Gasteiger partial charge in [-0.25, -0.2) is 15.0 Å². The van der Waals surface area contributed by atoms with Gasteiger partial charge in [-0.15, -0.1) is 0 Å². The lowest BCUT2D eigenvalue weighted by Crippen LogP contribution is -2.02. The molecule has 3 heterocycles. The third-order valence-corrected chi connectivity index (χ3v) is 12.7. The molecule has 64 heavy (non-hydrogen) atoms. The highest BCUT2D eigenvalue weighted by atomic mass is 15.0. The van der Waals surface area contributed by atoms with Crippen LogP contribution in [0.2, 0.25) is 0 Å². The lowest BCUT2D eigenvalue weighted by molar-refractivity contribution is 1.08. The van der Waals surface area contributed by atoms with Crippen molar-refractivity contribution in [2.75, 3.05) is 0 Å². The van der Waals surface area contributed by atoms with E-state index in [1.54, 1.807) is 0 Å². The molecule has 0 N–H and O–H groups in total. The third kappa shape index (κ3) is 5.75. The Morgan fingerprint density at radius 1 is 0.266 bits per heavy atom. The highest BCUT2D eigenvalue weighted by molar-refractivity contribution is 6.21. The maximum atomic E-state index is 5.27. The zero-order valence-corrected chi connectivity index (χ0v) is 34.6. The molecule has 0 fully saturated rings. The maximum absolute atomic E-state index is 5.27. The van der Waals surface area contributed by atoms with Crippen LogP contribution >= 0.6 is 0 Å². The van der Waals surface area contributed by atoms with Gasteiger partial charge in [0, 0.05) is 49.3 Å². The van der Waals surface area contributed by atoms with Crippen LogP contribution in [0, 0.1) is 0 Å². The van der Waals surface area contributed by atoms with Gasteiger partial charge in [-0.1, -0.05) is 164 Å². The summed E-state index contributed by atoms with van der Waals surface area (Å²) in [7, 11) is 0. The molecule has 10 aromatic carbocycles. The second kappa shape index (κ2) is 14.5. The van der Waals surface area contributed by atoms with Crippen molar-refractivity contribution in [3.8, 4) is 56.7 Å². The van der Waals surface area contributed by atoms with E-state index in [0.717, 1.165) is 66.5 Å². The van der Waals surface area contributed by atoms with E-state index in [-0.39, 0.29) is 0 Å². The second-order valence-corrected chi connectivity index (χ2v) is 16.4. The first-order valence-corrected chi connectivity index (χ1v) is 21.7. The van der Waals surface area contributed by atoms with E-state index in [1.165, 1.54) is 37.8 Å². The molecule has 0 amide bonds. The van der Waals surface area contributed by atoms with E-state index in [0.29, 0.717) is 17.5 Å². The summed E-state index contributed by atoms with van der Waals surface area (Å²) in [5, 5.41) is 9.47. The van der Waals surface area contributed by atoms with Gasteiger partial charge in [0.15, 0.2) is 17.5 Å². The largest absolute Gasteiger partial charge is 0.309 e. The SMILES string of the molecule is c1ccc(-c2cccc(-c3nc(-c4ccccc4)nc(-c4ccc(-n5c6cc7ccccc7cc6c6cc7c8ccccc8n(-c8ccccc8)c7cc65)c5ccccc45)n3)c2)cc1. The van der Waals surface area contributed by atoms with Crippen LogP contribution in [0.5, 0.6) is 0 Å². The van der Waals surface area contributed by atoms with Crippen LogP contribution in [-0.2, 0) is 0 Å². The predicted molar refractivity (Wildman–Crippen MR) is 265 cm³/mol. The summed E-state index contributed by atoms with van der Waals surface area (Å²) in [6, 6.07) is 79.9. The summed E-state index contributed by atoms with van der Waals surface area (Å²) in [6.45, 7) is 0. The van der Waals surface area contributed by atoms with Crippen molar-refractivity contribution in [3.63, 3.8) is 0 Å². The lowest BCUT2D eigenvalue weighted by Gasteiger charge is -2.16. The average molecular weight is 816 g/mol. The summed E-state index contributed by atoms with van der Waals surface area (Å²) in [5.41, 5.74) is 11.9. The van der Waals surface area contributed by atoms with Gasteiger partial charge in [-0.2, -0.15) is 0 Å². The molecule has 5 heteroatoms. The summed E-state index contributed by atoms with van der Waals surface area (Å²) >= 11 is 0. The number of hydrogen-bond acceptors (Lipinski definition) is 3. The fraction of sp³-hybridized carbons (Fsp3) is 0. The first-order valence-electron chi connectivity index (χ1n) is 21.7. The van der Waals surface area contributed by atoms with Gasteiger partial charge in [0.25, 0.3) is 0 Å². The molecular weight excluding hydrogens is 779 g/mol. The molecule has 0 aliphatic heterocycles. The second-order valence-electron chi connectivity index (χ2n) is 16.4. The average Bonchev–Trinajstić information content (AvgIpc) is 3.86. The number of aromatic nitrogens is 5. The maximum Gasteiger partial charge on any atom is 0.164 e. The molecule has 0 bridgehead atoms. The van der Waals surface area contributed by atoms with E-state index >= 15 is 0 Å². The number of para-hydroxylation sites is 2. The molecular formula is C59H37N5. The Morgan fingerprint density at radius 2 is 0.797 bits per heavy atom. The minimum absolute atomic E-state index is 0.624. The molecule has 0 radical (unpaired) electrons. The van der Waals surface area contributed by atoms with Gasteiger partial charge >= 0.3 is 0 Å². The molecule has 13 rings (SSSR count). The van der Waals surface area contributed by atoms with Gasteiger partial charge in [-0.05, 0) is 87.9 Å². The minimum atomic E-state index is 0.624. The van der Waals surface area contributed by atoms with Gasteiger partial charge in [0.2, 0.25) is 0 Å². The van der Waals surface area contributed by atoms with Crippen molar-refractivity contribution in [2.24, 2.45) is 0 Å². The smallest absolute Gasteiger partial charge is 0.164 e. The van der Waals surface area contributed by atoms with E-state index in [4.69, 9.17) is 15.0 Å². The molecule has 5 nitrogen and oxygen atoms in total. The molecule has 3 aromatic heterocycles. The van der Waals surface area contributed by atoms with E-state index in [2.05, 4.69) is 209 Å². The van der Waals surface area contributed by atoms with Crippen molar-refractivity contribution in [1.82, 2.24) is 24.1 Å². The van der Waals surface area contributed by atoms with Crippen molar-refractivity contribution in [2.45, 2.75) is 0 Å². The third-order valence-electron chi connectivity index (χ3n) is 12.7. The Bertz CT molecular complexity index is 3940. The molecule has 0 spiro atoms. The summed E-state index contributed by atoms with van der Waals surface area (Å²) < 4.78 is 4.88. The Morgan fingerprint density at radius 3 is 1.58 bits per heavy atom. The van der Waals surface area contributed by atoms with E-state index in [9.17, 15) is 0 Å². The van der Waals surface area contributed by atoms with Gasteiger partial charge in [0.1, 0.15) is 0 Å². The Balaban J connectivity index is 1.07. The van der Waals surface area contributed by atoms with E-state index < -0.39 is 0 Å². The van der Waals surface area contributed by atoms with Crippen LogP contribution < -0.4 is 0 Å². The predicted octanol–water partition coefficient (Wildman–Crippen LogP) is 15.0. The van der Waals surface area contributed by atoms with Gasteiger partial charge in [0.05, 0.1) is 27.8 Å². The molecule has 13 aromatic rings. The molecule has 0 atom stereocenters. The molecule has 0 aliphatic rings. The Kier molecular flexibility index (Phi) is 8.15. The van der Waals surface area contributed by atoms with Crippen LogP contribution in [-0.4, -0.2) is 24.1 Å². The Hall–Kier alpha value is -8.67. The van der Waals surface area contributed by atoms with Crippen molar-refractivity contribution < 1.29 is 0 Å². The first kappa shape index (κ1) is 36.0. The fourth-order valence-electron chi connectivity index (χ4n) is 9.76. The number of nitrogens with zero attached hydrogens (tertiary/aromatic N) is 5. The van der Waals surface area contributed by atoms with Gasteiger partial charge in [-0.3, -0.25) is 0 Å². The zero-order valence-electron chi connectivity index (χ0n) is 34.6. The monoisotopic (exact) mass is 815 g/mol. The van der Waals surface area contributed by atoms with Crippen LogP contribution in [0.15, 0.2) is 224 Å². The molecule has 298 valence electrons. The van der Waals surface area contributed by atoms with Crippen LogP contribution in [0.1, 0.15) is 0 Å². The normalized spacial score (nSPS) is 11.8. The number of hydrogen-bond donors (Lipinski definition) is 0. The summed E-state index contributed by atoms with van der Waals surface area (Å²) in [6.07, 6.45) is 0. The van der Waals surface area contributed by atoms with Crippen LogP contribution in [0.4, 0.5) is 0 Å². The highest BCUT2D eigenvalue weighted by Crippen LogP contribution is 2.43. The van der Waals surface area contributed by atoms with Crippen LogP contribution in [0.25, 0.3) is 122 Å². The first-order chi connectivity index (χ1) is 31.7. The van der Waals surface area contributed by atoms with E-state index in [1.807, 2.05) is 24.3 Å². The zero-order chi connectivity index (χ0) is 42.1. The Labute approximate surface area is 368 Å². The molecule has 0 aliphatic carbocycles. The van der Waals surface area contributed by atoms with Gasteiger partial charge < -0.3 is 9.13 Å². The number of fused-ring (bicyclic) bond motifs is 8. The minimum Gasteiger partial charge on any atom is -0.309 e. The summed E-state index contributed by atoms with van der Waals surface area (Å²) in [5.74, 6) is 1.88. The highest BCUT2D eigenvalue weighted by Gasteiger charge is 2.22. The van der Waals surface area contributed by atoms with Crippen LogP contribution in [0.3, 0.4) is 0 Å². The number of rotatable bonds is 6. The molecule has 0 unspecified atom stereocenters. The van der Waals surface area contributed by atoms with Crippen molar-refractivity contribution >= 4 is 65.2 Å².